The number of nitrogens with two attached hydrogens (primary N) is 2. The fraction of sp³-hybridized carbons (Fsp3) is 0.0714. The van der Waals surface area contributed by atoms with Gasteiger partial charge in [-0.05, 0) is 24.3 Å². The number of nitrogen functional groups attached to an aromatic ring is 2. The number of halogens is 1. The maximum absolute atomic E-state index is 12.2. The number of benzene rings is 1. The molecule has 0 radical (unpaired) electrons. The lowest BCUT2D eigenvalue weighted by atomic mass is 10.2. The zero-order valence-corrected chi connectivity index (χ0v) is 12.4. The van der Waals surface area contributed by atoms with Crippen LogP contribution in [0.4, 0.5) is 11.6 Å². The van der Waals surface area contributed by atoms with Crippen LogP contribution in [-0.2, 0) is 0 Å². The molecule has 0 unspecified atom stereocenters. The average molecular weight is 320 g/mol. The predicted octanol–water partition coefficient (Wildman–Crippen LogP) is 1.99. The van der Waals surface area contributed by atoms with Gasteiger partial charge in [-0.2, -0.15) is 0 Å². The Labute approximate surface area is 130 Å². The molecular weight excluding hydrogens is 306 g/mol. The minimum Gasteiger partial charge on any atom is -0.495 e. The van der Waals surface area contributed by atoms with Gasteiger partial charge in [-0.25, -0.2) is 4.79 Å². The Kier molecular flexibility index (Phi) is 3.34. The van der Waals surface area contributed by atoms with Crippen molar-refractivity contribution in [3.63, 3.8) is 0 Å². The number of hydrogen-bond donors (Lipinski definition) is 4. The van der Waals surface area contributed by atoms with Crippen molar-refractivity contribution in [2.24, 2.45) is 0 Å². The van der Waals surface area contributed by atoms with E-state index < -0.39 is 0 Å². The van der Waals surface area contributed by atoms with Gasteiger partial charge >= 0.3 is 5.69 Å². The molecule has 0 saturated carbocycles. The molecule has 0 amide bonds. The van der Waals surface area contributed by atoms with Gasteiger partial charge in [0.25, 0.3) is 0 Å². The van der Waals surface area contributed by atoms with Crippen molar-refractivity contribution in [1.82, 2.24) is 14.5 Å². The van der Waals surface area contributed by atoms with E-state index in [4.69, 9.17) is 27.8 Å². The Bertz CT molecular complexity index is 893. The summed E-state index contributed by atoms with van der Waals surface area (Å²) in [5.74, 6) is 1.16. The summed E-state index contributed by atoms with van der Waals surface area (Å²) in [7, 11) is 1.52. The maximum atomic E-state index is 12.2. The molecule has 2 aromatic heterocycles. The fourth-order valence-electron chi connectivity index (χ4n) is 2.35. The van der Waals surface area contributed by atoms with Crippen molar-refractivity contribution in [3.05, 3.63) is 46.0 Å². The Balaban J connectivity index is 2.26. The van der Waals surface area contributed by atoms with E-state index in [1.54, 1.807) is 30.5 Å². The summed E-state index contributed by atoms with van der Waals surface area (Å²) in [6.45, 7) is 0. The standard InChI is InChI=1S/C14H14ClN5O2/c1-22-10-3-2-7(6-9(10)15)20-11(13(17)19-14(20)21)8-4-5-18-12(8)16/h2-6,18H,16-17H2,1H3,(H,19,21). The van der Waals surface area contributed by atoms with Gasteiger partial charge in [0.1, 0.15) is 23.1 Å². The molecule has 8 heteroatoms. The van der Waals surface area contributed by atoms with Crippen LogP contribution in [0.25, 0.3) is 16.9 Å². The third kappa shape index (κ3) is 2.11. The summed E-state index contributed by atoms with van der Waals surface area (Å²) in [5.41, 5.74) is 13.1. The molecule has 3 aromatic rings. The van der Waals surface area contributed by atoms with Crippen molar-refractivity contribution in [2.45, 2.75) is 0 Å². The second-order valence-electron chi connectivity index (χ2n) is 4.65. The van der Waals surface area contributed by atoms with Crippen LogP contribution >= 0.6 is 11.6 Å². The number of imidazole rings is 1. The summed E-state index contributed by atoms with van der Waals surface area (Å²) < 4.78 is 6.53. The van der Waals surface area contributed by atoms with Gasteiger partial charge in [0.05, 0.1) is 17.8 Å². The monoisotopic (exact) mass is 319 g/mol. The molecular formula is C14H14ClN5O2. The van der Waals surface area contributed by atoms with Crippen molar-refractivity contribution in [2.75, 3.05) is 18.6 Å². The number of rotatable bonds is 3. The van der Waals surface area contributed by atoms with Crippen LogP contribution in [0.15, 0.2) is 35.3 Å². The number of aromatic amines is 2. The number of anilines is 2. The minimum absolute atomic E-state index is 0.225. The van der Waals surface area contributed by atoms with Gasteiger partial charge in [0.15, 0.2) is 0 Å². The first-order valence-corrected chi connectivity index (χ1v) is 6.78. The quantitative estimate of drug-likeness (QED) is 0.591. The van der Waals surface area contributed by atoms with Gasteiger partial charge in [0.2, 0.25) is 0 Å². The molecule has 0 spiro atoms. The van der Waals surface area contributed by atoms with Gasteiger partial charge in [-0.15, -0.1) is 0 Å². The van der Waals surface area contributed by atoms with Crippen LogP contribution in [-0.4, -0.2) is 21.6 Å². The van der Waals surface area contributed by atoms with Crippen LogP contribution in [0.2, 0.25) is 5.02 Å². The summed E-state index contributed by atoms with van der Waals surface area (Å²) >= 11 is 6.13. The zero-order chi connectivity index (χ0) is 15.9. The predicted molar refractivity (Wildman–Crippen MR) is 86.6 cm³/mol. The molecule has 0 aliphatic rings. The Morgan fingerprint density at radius 3 is 2.59 bits per heavy atom. The highest BCUT2D eigenvalue weighted by Gasteiger charge is 2.18. The lowest BCUT2D eigenvalue weighted by Crippen LogP contribution is -2.15. The molecule has 6 N–H and O–H groups in total. The normalized spacial score (nSPS) is 10.8. The van der Waals surface area contributed by atoms with Gasteiger partial charge in [0, 0.05) is 11.8 Å². The highest BCUT2D eigenvalue weighted by molar-refractivity contribution is 6.32. The first-order valence-electron chi connectivity index (χ1n) is 6.40. The van der Waals surface area contributed by atoms with Gasteiger partial charge < -0.3 is 21.2 Å². The van der Waals surface area contributed by atoms with E-state index in [0.29, 0.717) is 33.5 Å². The van der Waals surface area contributed by atoms with E-state index in [1.165, 1.54) is 11.7 Å². The molecule has 114 valence electrons. The summed E-state index contributed by atoms with van der Waals surface area (Å²) in [6.07, 6.45) is 1.67. The highest BCUT2D eigenvalue weighted by Crippen LogP contribution is 2.32. The van der Waals surface area contributed by atoms with E-state index in [1.807, 2.05) is 0 Å². The Morgan fingerprint density at radius 1 is 1.23 bits per heavy atom. The van der Waals surface area contributed by atoms with Crippen molar-refractivity contribution in [1.29, 1.82) is 0 Å². The van der Waals surface area contributed by atoms with E-state index in [2.05, 4.69) is 9.97 Å². The second-order valence-corrected chi connectivity index (χ2v) is 5.06. The third-order valence-corrected chi connectivity index (χ3v) is 3.65. The average Bonchev–Trinajstić information content (AvgIpc) is 3.01. The first-order chi connectivity index (χ1) is 10.5. The molecule has 22 heavy (non-hydrogen) atoms. The smallest absolute Gasteiger partial charge is 0.332 e. The van der Waals surface area contributed by atoms with Crippen LogP contribution < -0.4 is 21.9 Å². The lowest BCUT2D eigenvalue weighted by molar-refractivity contribution is 0.415. The van der Waals surface area contributed by atoms with Gasteiger partial charge in [-0.3, -0.25) is 9.55 Å². The fourth-order valence-corrected chi connectivity index (χ4v) is 2.60. The number of hydrogen-bond acceptors (Lipinski definition) is 4. The van der Waals surface area contributed by atoms with Crippen molar-refractivity contribution < 1.29 is 4.74 Å². The number of methoxy groups -OCH3 is 1. The largest absolute Gasteiger partial charge is 0.495 e. The van der Waals surface area contributed by atoms with Crippen molar-refractivity contribution >= 4 is 23.2 Å². The molecule has 0 aliphatic carbocycles. The molecule has 0 aliphatic heterocycles. The zero-order valence-electron chi connectivity index (χ0n) is 11.7. The van der Waals surface area contributed by atoms with Crippen LogP contribution in [0.3, 0.4) is 0 Å². The lowest BCUT2D eigenvalue weighted by Gasteiger charge is -2.10. The van der Waals surface area contributed by atoms with E-state index in [9.17, 15) is 4.79 Å². The molecule has 7 nitrogen and oxygen atoms in total. The van der Waals surface area contributed by atoms with E-state index in [0.717, 1.165) is 0 Å². The minimum atomic E-state index is -0.380. The second kappa shape index (κ2) is 5.19. The summed E-state index contributed by atoms with van der Waals surface area (Å²) in [4.78, 5) is 17.7. The SMILES string of the molecule is COc1ccc(-n2c(-c3cc[nH]c3N)c(N)[nH]c2=O)cc1Cl. The molecule has 2 heterocycles. The van der Waals surface area contributed by atoms with Crippen LogP contribution in [0.1, 0.15) is 0 Å². The van der Waals surface area contributed by atoms with E-state index >= 15 is 0 Å². The van der Waals surface area contributed by atoms with Crippen LogP contribution in [0.5, 0.6) is 5.75 Å². The van der Waals surface area contributed by atoms with Crippen molar-refractivity contribution in [3.8, 4) is 22.7 Å². The number of nitrogens with zero attached hydrogens (tertiary/aromatic N) is 1. The molecule has 0 fully saturated rings. The van der Waals surface area contributed by atoms with Gasteiger partial charge in [-0.1, -0.05) is 11.6 Å². The first kappa shape index (κ1) is 14.2. The number of nitrogens with one attached hydrogen (secondary N) is 2. The summed E-state index contributed by atoms with van der Waals surface area (Å²) in [6, 6.07) is 6.76. The molecule has 3 rings (SSSR count). The number of H-pyrrole nitrogens is 2. The van der Waals surface area contributed by atoms with E-state index in [-0.39, 0.29) is 11.5 Å². The third-order valence-electron chi connectivity index (χ3n) is 3.35. The number of aromatic nitrogens is 3. The van der Waals surface area contributed by atoms with Crippen LogP contribution in [0, 0.1) is 0 Å². The highest BCUT2D eigenvalue weighted by atomic mass is 35.5. The molecule has 0 atom stereocenters. The Hall–Kier alpha value is -2.80. The molecule has 0 saturated heterocycles. The Morgan fingerprint density at radius 2 is 2.00 bits per heavy atom. The molecule has 0 bridgehead atoms. The topological polar surface area (TPSA) is 115 Å². The number of ether oxygens (including phenoxy) is 1. The maximum Gasteiger partial charge on any atom is 0.332 e. The molecule has 1 aromatic carbocycles. The summed E-state index contributed by atoms with van der Waals surface area (Å²) in [5, 5.41) is 0.389.